The number of hydrogen-bond acceptors (Lipinski definition) is 4. The number of hydrogen-bond donors (Lipinski definition) is 1. The number of nitrogens with one attached hydrogen (secondary N) is 1. The van der Waals surface area contributed by atoms with Gasteiger partial charge in [0.2, 0.25) is 5.91 Å². The average Bonchev–Trinajstić information content (AvgIpc) is 3.17. The Morgan fingerprint density at radius 3 is 2.61 bits per heavy atom. The van der Waals surface area contributed by atoms with Gasteiger partial charge < -0.3 is 14.8 Å². The summed E-state index contributed by atoms with van der Waals surface area (Å²) in [5, 5.41) is 0.913. The van der Waals surface area contributed by atoms with Crippen LogP contribution in [0, 0.1) is 13.8 Å². The van der Waals surface area contributed by atoms with Crippen molar-refractivity contribution in [3.05, 3.63) is 70.3 Å². The van der Waals surface area contributed by atoms with Crippen molar-refractivity contribution < 1.29 is 4.79 Å². The van der Waals surface area contributed by atoms with Gasteiger partial charge in [-0.1, -0.05) is 30.3 Å². The van der Waals surface area contributed by atoms with Crippen LogP contribution in [-0.4, -0.2) is 51.5 Å². The largest absolute Gasteiger partial charge is 0.368 e. The van der Waals surface area contributed by atoms with Crippen LogP contribution >= 0.6 is 0 Å². The van der Waals surface area contributed by atoms with Gasteiger partial charge in [-0.2, -0.15) is 0 Å². The van der Waals surface area contributed by atoms with Crippen LogP contribution in [0.1, 0.15) is 11.1 Å². The normalized spacial score (nSPS) is 14.5. The molecule has 1 N–H and O–H groups in total. The molecule has 0 bridgehead atoms. The van der Waals surface area contributed by atoms with Crippen molar-refractivity contribution in [2.24, 2.45) is 0 Å². The molecule has 0 aliphatic carbocycles. The zero-order chi connectivity index (χ0) is 21.5. The molecule has 31 heavy (non-hydrogen) atoms. The number of anilines is 1. The molecule has 1 amide bonds. The van der Waals surface area contributed by atoms with E-state index in [9.17, 15) is 9.59 Å². The zero-order valence-corrected chi connectivity index (χ0v) is 17.8. The molecule has 0 atom stereocenters. The smallest absolute Gasteiger partial charge is 0.278 e. The molecule has 3 heterocycles. The van der Waals surface area contributed by atoms with Crippen LogP contribution < -0.4 is 10.5 Å². The minimum atomic E-state index is -0.219. The molecule has 158 valence electrons. The number of fused-ring (bicyclic) bond motifs is 3. The maximum absolute atomic E-state index is 12.9. The lowest BCUT2D eigenvalue weighted by Gasteiger charge is -2.37. The molecule has 7 heteroatoms. The number of benzene rings is 2. The molecule has 5 rings (SSSR count). The van der Waals surface area contributed by atoms with E-state index < -0.39 is 0 Å². The molecule has 1 saturated heterocycles. The Bertz CT molecular complexity index is 1350. The number of aryl methyl sites for hydroxylation is 1. The lowest BCUT2D eigenvalue weighted by atomic mass is 10.1. The second-order valence-electron chi connectivity index (χ2n) is 8.16. The molecule has 0 unspecified atom stereocenters. The van der Waals surface area contributed by atoms with E-state index in [1.165, 1.54) is 27.7 Å². The van der Waals surface area contributed by atoms with Gasteiger partial charge in [-0.25, -0.2) is 4.98 Å². The lowest BCUT2D eigenvalue weighted by Crippen LogP contribution is -2.50. The van der Waals surface area contributed by atoms with Crippen LogP contribution in [0.15, 0.2) is 53.6 Å². The quantitative estimate of drug-likeness (QED) is 0.558. The molecule has 7 nitrogen and oxygen atoms in total. The maximum atomic E-state index is 12.9. The number of piperazine rings is 1. The molecule has 2 aromatic heterocycles. The minimum Gasteiger partial charge on any atom is -0.368 e. The van der Waals surface area contributed by atoms with Crippen molar-refractivity contribution in [2.75, 3.05) is 31.1 Å². The van der Waals surface area contributed by atoms with E-state index >= 15 is 0 Å². The molecule has 1 aliphatic heterocycles. The molecular formula is C24H25N5O2. The van der Waals surface area contributed by atoms with Gasteiger partial charge in [-0.15, -0.1) is 0 Å². The molecule has 0 saturated carbocycles. The van der Waals surface area contributed by atoms with Gasteiger partial charge in [-0.3, -0.25) is 14.2 Å². The van der Waals surface area contributed by atoms with Crippen molar-refractivity contribution in [3.63, 3.8) is 0 Å². The van der Waals surface area contributed by atoms with E-state index in [0.29, 0.717) is 24.1 Å². The van der Waals surface area contributed by atoms with E-state index in [-0.39, 0.29) is 18.0 Å². The summed E-state index contributed by atoms with van der Waals surface area (Å²) in [6.07, 6.45) is 1.48. The predicted octanol–water partition coefficient (Wildman–Crippen LogP) is 2.84. The summed E-state index contributed by atoms with van der Waals surface area (Å²) in [7, 11) is 0. The van der Waals surface area contributed by atoms with E-state index in [4.69, 9.17) is 0 Å². The van der Waals surface area contributed by atoms with Gasteiger partial charge >= 0.3 is 0 Å². The number of nitrogens with zero attached hydrogens (tertiary/aromatic N) is 4. The summed E-state index contributed by atoms with van der Waals surface area (Å²) in [6.45, 7) is 7.11. The molecule has 0 spiro atoms. The maximum Gasteiger partial charge on any atom is 0.278 e. The second kappa shape index (κ2) is 7.58. The number of H-pyrrole nitrogens is 1. The first-order valence-electron chi connectivity index (χ1n) is 10.6. The fourth-order valence-electron chi connectivity index (χ4n) is 4.37. The first-order valence-corrected chi connectivity index (χ1v) is 10.6. The Balaban J connectivity index is 1.31. The highest BCUT2D eigenvalue weighted by Crippen LogP contribution is 2.24. The number of carbonyl (C=O) groups is 1. The number of aromatic nitrogens is 3. The van der Waals surface area contributed by atoms with Gasteiger partial charge in [0.25, 0.3) is 5.56 Å². The van der Waals surface area contributed by atoms with Crippen LogP contribution in [0.5, 0.6) is 0 Å². The fourth-order valence-corrected chi connectivity index (χ4v) is 4.37. The van der Waals surface area contributed by atoms with Gasteiger partial charge in [0.15, 0.2) is 0 Å². The van der Waals surface area contributed by atoms with Crippen LogP contribution in [0.2, 0.25) is 0 Å². The number of aromatic amines is 1. The summed E-state index contributed by atoms with van der Waals surface area (Å²) in [4.78, 5) is 37.6. The third kappa shape index (κ3) is 3.36. The highest BCUT2D eigenvalue weighted by molar-refractivity contribution is 6.04. The van der Waals surface area contributed by atoms with Crippen LogP contribution in [0.4, 0.5) is 5.69 Å². The lowest BCUT2D eigenvalue weighted by molar-refractivity contribution is -0.132. The Morgan fingerprint density at radius 1 is 1.03 bits per heavy atom. The molecular weight excluding hydrogens is 390 g/mol. The third-order valence-electron chi connectivity index (χ3n) is 6.33. The van der Waals surface area contributed by atoms with Gasteiger partial charge in [0, 0.05) is 42.8 Å². The summed E-state index contributed by atoms with van der Waals surface area (Å²) < 4.78 is 1.40. The van der Waals surface area contributed by atoms with Crippen molar-refractivity contribution in [2.45, 2.75) is 20.4 Å². The topological polar surface area (TPSA) is 74.2 Å². The van der Waals surface area contributed by atoms with E-state index in [1.54, 1.807) is 0 Å². The fraction of sp³-hybridized carbons (Fsp3) is 0.292. The Kier molecular flexibility index (Phi) is 4.73. The molecule has 4 aromatic rings. The van der Waals surface area contributed by atoms with Crippen LogP contribution in [-0.2, 0) is 11.3 Å². The standard InChI is InChI=1S/C24H25N5O2/c1-16-6-5-9-20(17(16)2)27-10-12-28(13-11-27)21(30)14-29-15-25-22-18-7-3-4-8-19(18)26-23(22)24(29)31/h3-9,15,26H,10-14H2,1-2H3. The highest BCUT2D eigenvalue weighted by Gasteiger charge is 2.23. The van der Waals surface area contributed by atoms with E-state index in [2.05, 4.69) is 46.9 Å². The van der Waals surface area contributed by atoms with Crippen molar-refractivity contribution in [1.29, 1.82) is 0 Å². The first-order chi connectivity index (χ1) is 15.0. The monoisotopic (exact) mass is 415 g/mol. The Hall–Kier alpha value is -3.61. The molecule has 0 radical (unpaired) electrons. The first kappa shape index (κ1) is 19.4. The van der Waals surface area contributed by atoms with Gasteiger partial charge in [-0.05, 0) is 37.1 Å². The average molecular weight is 415 g/mol. The summed E-state index contributed by atoms with van der Waals surface area (Å²) in [5.74, 6) is -0.0556. The number of amides is 1. The molecule has 1 fully saturated rings. The summed E-state index contributed by atoms with van der Waals surface area (Å²) >= 11 is 0. The number of para-hydroxylation sites is 1. The zero-order valence-electron chi connectivity index (χ0n) is 17.8. The summed E-state index contributed by atoms with van der Waals surface area (Å²) in [5.41, 5.74) is 5.53. The molecule has 1 aliphatic rings. The van der Waals surface area contributed by atoms with Crippen molar-refractivity contribution in [1.82, 2.24) is 19.4 Å². The Morgan fingerprint density at radius 2 is 1.81 bits per heavy atom. The minimum absolute atomic E-state index is 0.000607. The van der Waals surface area contributed by atoms with Gasteiger partial charge in [0.05, 0.1) is 6.33 Å². The third-order valence-corrected chi connectivity index (χ3v) is 6.33. The van der Waals surface area contributed by atoms with Gasteiger partial charge in [0.1, 0.15) is 17.6 Å². The SMILES string of the molecule is Cc1cccc(N2CCN(C(=O)Cn3cnc4c([nH]c5ccccc54)c3=O)CC2)c1C. The Labute approximate surface area is 179 Å². The molecule has 2 aromatic carbocycles. The summed E-state index contributed by atoms with van der Waals surface area (Å²) in [6, 6.07) is 14.0. The van der Waals surface area contributed by atoms with E-state index in [0.717, 1.165) is 24.0 Å². The van der Waals surface area contributed by atoms with Crippen LogP contribution in [0.3, 0.4) is 0 Å². The van der Waals surface area contributed by atoms with Crippen LogP contribution in [0.25, 0.3) is 21.9 Å². The highest BCUT2D eigenvalue weighted by atomic mass is 16.2. The number of rotatable bonds is 3. The predicted molar refractivity (Wildman–Crippen MR) is 123 cm³/mol. The van der Waals surface area contributed by atoms with Crippen molar-refractivity contribution >= 4 is 33.5 Å². The second-order valence-corrected chi connectivity index (χ2v) is 8.16. The van der Waals surface area contributed by atoms with Crippen molar-refractivity contribution in [3.8, 4) is 0 Å². The van der Waals surface area contributed by atoms with E-state index in [1.807, 2.05) is 29.2 Å². The number of carbonyl (C=O) groups excluding carboxylic acids is 1.